The number of hydrogen-bond donors (Lipinski definition) is 1. The second-order valence-corrected chi connectivity index (χ2v) is 5.83. The van der Waals surface area contributed by atoms with Gasteiger partial charge in [-0.3, -0.25) is 9.59 Å². The number of piperidine rings is 1. The van der Waals surface area contributed by atoms with Gasteiger partial charge in [0.15, 0.2) is 6.61 Å². The van der Waals surface area contributed by atoms with Gasteiger partial charge in [0.25, 0.3) is 5.91 Å². The normalized spacial score (nSPS) is 21.4. The Bertz CT molecular complexity index is 618. The van der Waals surface area contributed by atoms with E-state index in [1.165, 1.54) is 17.0 Å². The van der Waals surface area contributed by atoms with Crippen molar-refractivity contribution in [3.05, 3.63) is 29.8 Å². The maximum Gasteiger partial charge on any atom is 0.419 e. The molecule has 1 N–H and O–H groups in total. The van der Waals surface area contributed by atoms with Crippen LogP contribution in [-0.2, 0) is 15.8 Å². The largest absolute Gasteiger partial charge is 0.483 e. The summed E-state index contributed by atoms with van der Waals surface area (Å²) < 4.78 is 43.7. The molecule has 24 heavy (non-hydrogen) atoms. The zero-order valence-corrected chi connectivity index (χ0v) is 13.0. The van der Waals surface area contributed by atoms with E-state index in [1.54, 1.807) is 6.92 Å². The van der Waals surface area contributed by atoms with Gasteiger partial charge < -0.3 is 14.7 Å². The van der Waals surface area contributed by atoms with Crippen LogP contribution < -0.4 is 4.74 Å². The first-order chi connectivity index (χ1) is 11.2. The number of carboxylic acids is 1. The van der Waals surface area contributed by atoms with Crippen molar-refractivity contribution < 1.29 is 32.6 Å². The number of hydrogen-bond acceptors (Lipinski definition) is 3. The molecule has 2 rings (SSSR count). The summed E-state index contributed by atoms with van der Waals surface area (Å²) in [6.45, 7) is 1.72. The van der Waals surface area contributed by atoms with Gasteiger partial charge in [-0.2, -0.15) is 13.2 Å². The summed E-state index contributed by atoms with van der Waals surface area (Å²) in [5.74, 6) is -2.48. The lowest BCUT2D eigenvalue weighted by molar-refractivity contribution is -0.149. The molecule has 1 heterocycles. The van der Waals surface area contributed by atoms with Crippen LogP contribution in [0.15, 0.2) is 24.3 Å². The monoisotopic (exact) mass is 345 g/mol. The fraction of sp³-hybridized carbons (Fsp3) is 0.500. The molecule has 5 nitrogen and oxygen atoms in total. The SMILES string of the molecule is CC1CN(C(=O)COc2ccccc2C(F)(F)F)CCC1C(=O)O. The molecule has 1 saturated heterocycles. The Hall–Kier alpha value is -2.25. The van der Waals surface area contributed by atoms with Crippen LogP contribution in [0.1, 0.15) is 18.9 Å². The predicted molar refractivity (Wildman–Crippen MR) is 78.4 cm³/mol. The minimum absolute atomic E-state index is 0.220. The minimum Gasteiger partial charge on any atom is -0.483 e. The molecule has 0 radical (unpaired) electrons. The summed E-state index contributed by atoms with van der Waals surface area (Å²) in [5.41, 5.74) is -0.934. The summed E-state index contributed by atoms with van der Waals surface area (Å²) in [4.78, 5) is 24.6. The number of aliphatic carboxylic acids is 1. The Morgan fingerprint density at radius 2 is 2.00 bits per heavy atom. The van der Waals surface area contributed by atoms with Gasteiger partial charge in [-0.1, -0.05) is 19.1 Å². The minimum atomic E-state index is -4.56. The third kappa shape index (κ3) is 4.18. The van der Waals surface area contributed by atoms with Crippen molar-refractivity contribution in [2.75, 3.05) is 19.7 Å². The number of benzene rings is 1. The van der Waals surface area contributed by atoms with Crippen molar-refractivity contribution in [2.45, 2.75) is 19.5 Å². The van der Waals surface area contributed by atoms with Crippen LogP contribution in [0.25, 0.3) is 0 Å². The third-order valence-corrected chi connectivity index (χ3v) is 4.12. The smallest absolute Gasteiger partial charge is 0.419 e. The van der Waals surface area contributed by atoms with E-state index in [2.05, 4.69) is 0 Å². The van der Waals surface area contributed by atoms with E-state index in [1.807, 2.05) is 0 Å². The number of carboxylic acid groups (broad SMARTS) is 1. The summed E-state index contributed by atoms with van der Waals surface area (Å²) in [6, 6.07) is 4.70. The number of nitrogens with zero attached hydrogens (tertiary/aromatic N) is 1. The van der Waals surface area contributed by atoms with E-state index in [0.29, 0.717) is 6.42 Å². The average Bonchev–Trinajstić information content (AvgIpc) is 2.51. The first-order valence-corrected chi connectivity index (χ1v) is 7.49. The molecule has 0 aliphatic carbocycles. The maximum absolute atomic E-state index is 12.9. The molecule has 1 amide bonds. The highest BCUT2D eigenvalue weighted by atomic mass is 19.4. The van der Waals surface area contributed by atoms with Gasteiger partial charge in [0.05, 0.1) is 11.5 Å². The third-order valence-electron chi connectivity index (χ3n) is 4.12. The Balaban J connectivity index is 1.97. The Morgan fingerprint density at radius 3 is 2.58 bits per heavy atom. The number of ether oxygens (including phenoxy) is 1. The molecule has 2 unspecified atom stereocenters. The molecular formula is C16H18F3NO4. The zero-order chi connectivity index (χ0) is 17.9. The van der Waals surface area contributed by atoms with Crippen LogP contribution in [0.2, 0.25) is 0 Å². The van der Waals surface area contributed by atoms with Gasteiger partial charge in [-0.15, -0.1) is 0 Å². The van der Waals surface area contributed by atoms with Gasteiger partial charge in [0.1, 0.15) is 5.75 Å². The molecule has 132 valence electrons. The van der Waals surface area contributed by atoms with Crippen molar-refractivity contribution >= 4 is 11.9 Å². The molecule has 0 saturated carbocycles. The molecule has 1 aliphatic rings. The number of alkyl halides is 3. The molecule has 1 fully saturated rings. The predicted octanol–water partition coefficient (Wildman–Crippen LogP) is 2.65. The standard InChI is InChI=1S/C16H18F3NO4/c1-10-8-20(7-6-11(10)15(22)23)14(21)9-24-13-5-3-2-4-12(13)16(17,18)19/h2-5,10-11H,6-9H2,1H3,(H,22,23). The van der Waals surface area contributed by atoms with E-state index < -0.39 is 41.9 Å². The topological polar surface area (TPSA) is 66.8 Å². The van der Waals surface area contributed by atoms with Crippen molar-refractivity contribution in [3.63, 3.8) is 0 Å². The number of carbonyl (C=O) groups excluding carboxylic acids is 1. The van der Waals surface area contributed by atoms with Gasteiger partial charge >= 0.3 is 12.1 Å². The summed E-state index contributed by atoms with van der Waals surface area (Å²) in [6.07, 6.45) is -4.24. The Kier molecular flexibility index (Phi) is 5.36. The van der Waals surface area contributed by atoms with Crippen LogP contribution in [-0.4, -0.2) is 41.6 Å². The second kappa shape index (κ2) is 7.11. The van der Waals surface area contributed by atoms with E-state index in [-0.39, 0.29) is 19.0 Å². The molecule has 1 aliphatic heterocycles. The molecule has 1 aromatic carbocycles. The Morgan fingerprint density at radius 1 is 1.33 bits per heavy atom. The molecule has 0 aromatic heterocycles. The first kappa shape index (κ1) is 18.1. The fourth-order valence-corrected chi connectivity index (χ4v) is 2.80. The summed E-state index contributed by atoms with van der Waals surface area (Å²) in [5, 5.41) is 9.06. The molecule has 0 spiro atoms. The van der Waals surface area contributed by atoms with Crippen molar-refractivity contribution in [1.29, 1.82) is 0 Å². The van der Waals surface area contributed by atoms with Crippen LogP contribution in [0, 0.1) is 11.8 Å². The lowest BCUT2D eigenvalue weighted by Crippen LogP contribution is -2.46. The number of likely N-dealkylation sites (tertiary alicyclic amines) is 1. The Labute approximate surface area is 137 Å². The van der Waals surface area contributed by atoms with Crippen molar-refractivity contribution in [1.82, 2.24) is 4.90 Å². The van der Waals surface area contributed by atoms with Gasteiger partial charge in [-0.05, 0) is 24.5 Å². The van der Waals surface area contributed by atoms with E-state index >= 15 is 0 Å². The van der Waals surface area contributed by atoms with Crippen LogP contribution in [0.4, 0.5) is 13.2 Å². The van der Waals surface area contributed by atoms with E-state index in [9.17, 15) is 22.8 Å². The van der Waals surface area contributed by atoms with Crippen molar-refractivity contribution in [3.8, 4) is 5.75 Å². The number of halogens is 3. The quantitative estimate of drug-likeness (QED) is 0.911. The lowest BCUT2D eigenvalue weighted by Gasteiger charge is -2.34. The number of amides is 1. The van der Waals surface area contributed by atoms with Crippen LogP contribution in [0.3, 0.4) is 0 Å². The summed E-state index contributed by atoms with van der Waals surface area (Å²) >= 11 is 0. The van der Waals surface area contributed by atoms with Crippen LogP contribution >= 0.6 is 0 Å². The fourth-order valence-electron chi connectivity index (χ4n) is 2.80. The molecule has 2 atom stereocenters. The summed E-state index contributed by atoms with van der Waals surface area (Å²) in [7, 11) is 0. The second-order valence-electron chi connectivity index (χ2n) is 5.83. The number of rotatable bonds is 4. The van der Waals surface area contributed by atoms with Crippen molar-refractivity contribution in [2.24, 2.45) is 11.8 Å². The van der Waals surface area contributed by atoms with Gasteiger partial charge in [0.2, 0.25) is 0 Å². The first-order valence-electron chi connectivity index (χ1n) is 7.49. The highest BCUT2D eigenvalue weighted by Crippen LogP contribution is 2.35. The van der Waals surface area contributed by atoms with Crippen LogP contribution in [0.5, 0.6) is 5.75 Å². The average molecular weight is 345 g/mol. The molecule has 0 bridgehead atoms. The number of carbonyl (C=O) groups is 2. The molecule has 1 aromatic rings. The van der Waals surface area contributed by atoms with E-state index in [4.69, 9.17) is 9.84 Å². The van der Waals surface area contributed by atoms with E-state index in [0.717, 1.165) is 12.1 Å². The zero-order valence-electron chi connectivity index (χ0n) is 13.0. The maximum atomic E-state index is 12.9. The highest BCUT2D eigenvalue weighted by molar-refractivity contribution is 5.78. The lowest BCUT2D eigenvalue weighted by atomic mass is 9.87. The van der Waals surface area contributed by atoms with Gasteiger partial charge in [0, 0.05) is 13.1 Å². The van der Waals surface area contributed by atoms with Gasteiger partial charge in [-0.25, -0.2) is 0 Å². The highest BCUT2D eigenvalue weighted by Gasteiger charge is 2.35. The number of para-hydroxylation sites is 1. The molecule has 8 heteroatoms. The molecular weight excluding hydrogens is 327 g/mol.